The van der Waals surface area contributed by atoms with Gasteiger partial charge in [-0.3, -0.25) is 9.69 Å². The molecule has 0 unspecified atom stereocenters. The number of piperazine rings is 1. The van der Waals surface area contributed by atoms with Crippen molar-refractivity contribution in [3.63, 3.8) is 0 Å². The number of ether oxygens (including phenoxy) is 1. The van der Waals surface area contributed by atoms with Crippen LogP contribution in [0.4, 0.5) is 8.78 Å². The molecular formula is C16H20F2N2O4S. The number of carbonyl (C=O) groups excluding carboxylic acids is 1. The van der Waals surface area contributed by atoms with E-state index in [2.05, 4.69) is 4.90 Å². The van der Waals surface area contributed by atoms with Gasteiger partial charge in [0.15, 0.2) is 28.0 Å². The van der Waals surface area contributed by atoms with E-state index in [0.717, 1.165) is 12.1 Å². The summed E-state index contributed by atoms with van der Waals surface area (Å²) >= 11 is 0. The highest BCUT2D eigenvalue weighted by Gasteiger charge is 2.34. The van der Waals surface area contributed by atoms with Gasteiger partial charge in [0.25, 0.3) is 5.91 Å². The fourth-order valence-electron chi connectivity index (χ4n) is 3.22. The van der Waals surface area contributed by atoms with Gasteiger partial charge in [-0.05, 0) is 18.6 Å². The van der Waals surface area contributed by atoms with E-state index in [9.17, 15) is 22.0 Å². The lowest BCUT2D eigenvalue weighted by atomic mass is 10.2. The normalized spacial score (nSPS) is 23.6. The summed E-state index contributed by atoms with van der Waals surface area (Å²) in [4.78, 5) is 15.9. The highest BCUT2D eigenvalue weighted by Crippen LogP contribution is 2.20. The van der Waals surface area contributed by atoms with Gasteiger partial charge < -0.3 is 9.64 Å². The Bertz CT molecular complexity index is 749. The number of amides is 1. The Labute approximate surface area is 145 Å². The van der Waals surface area contributed by atoms with E-state index < -0.39 is 21.5 Å². The van der Waals surface area contributed by atoms with E-state index in [0.29, 0.717) is 38.7 Å². The summed E-state index contributed by atoms with van der Waals surface area (Å²) in [7, 11) is -2.93. The molecule has 0 bridgehead atoms. The summed E-state index contributed by atoms with van der Waals surface area (Å²) in [6.45, 7) is 1.85. The average Bonchev–Trinajstić information content (AvgIpc) is 2.94. The second-order valence-corrected chi connectivity index (χ2v) is 8.57. The minimum Gasteiger partial charge on any atom is -0.481 e. The fourth-order valence-corrected chi connectivity index (χ4v) is 4.98. The van der Waals surface area contributed by atoms with E-state index >= 15 is 0 Å². The largest absolute Gasteiger partial charge is 0.481 e. The van der Waals surface area contributed by atoms with Gasteiger partial charge in [-0.25, -0.2) is 17.2 Å². The molecule has 2 aliphatic heterocycles. The molecule has 9 heteroatoms. The number of halogens is 2. The number of nitrogens with zero attached hydrogens (tertiary/aromatic N) is 2. The molecule has 1 aromatic rings. The van der Waals surface area contributed by atoms with Crippen LogP contribution in [0.15, 0.2) is 18.2 Å². The van der Waals surface area contributed by atoms with E-state index in [1.54, 1.807) is 4.90 Å². The van der Waals surface area contributed by atoms with Crippen molar-refractivity contribution in [3.8, 4) is 5.75 Å². The number of carbonyl (C=O) groups is 1. The van der Waals surface area contributed by atoms with Crippen LogP contribution in [0.1, 0.15) is 6.42 Å². The summed E-state index contributed by atoms with van der Waals surface area (Å²) in [6.07, 6.45) is 0.642. The van der Waals surface area contributed by atoms with Crippen LogP contribution in [0.3, 0.4) is 0 Å². The summed E-state index contributed by atoms with van der Waals surface area (Å²) in [5, 5.41) is 0. The second kappa shape index (κ2) is 7.25. The molecule has 0 aliphatic carbocycles. The Morgan fingerprint density at radius 1 is 1.20 bits per heavy atom. The van der Waals surface area contributed by atoms with E-state index in [1.165, 1.54) is 0 Å². The standard InChI is InChI=1S/C16H20F2N2O4S/c17-12-1-2-15(14(18)9-12)24-10-16(21)20-6-4-19(5-7-20)13-3-8-25(22,23)11-13/h1-2,9,13H,3-8,10-11H2/t13-/m0/s1. The molecule has 0 saturated carbocycles. The molecule has 1 atom stereocenters. The van der Waals surface area contributed by atoms with Gasteiger partial charge in [0, 0.05) is 38.3 Å². The highest BCUT2D eigenvalue weighted by molar-refractivity contribution is 7.91. The maximum Gasteiger partial charge on any atom is 0.260 e. The van der Waals surface area contributed by atoms with E-state index in [1.807, 2.05) is 0 Å². The predicted molar refractivity (Wildman–Crippen MR) is 87.1 cm³/mol. The first-order valence-electron chi connectivity index (χ1n) is 8.14. The lowest BCUT2D eigenvalue weighted by molar-refractivity contribution is -0.135. The molecule has 0 N–H and O–H groups in total. The first-order chi connectivity index (χ1) is 11.8. The van der Waals surface area contributed by atoms with E-state index in [-0.39, 0.29) is 35.8 Å². The van der Waals surface area contributed by atoms with Crippen LogP contribution in [-0.4, -0.2) is 74.5 Å². The lowest BCUT2D eigenvalue weighted by Crippen LogP contribution is -2.53. The van der Waals surface area contributed by atoms with Crippen LogP contribution < -0.4 is 4.74 Å². The van der Waals surface area contributed by atoms with Crippen molar-refractivity contribution in [1.29, 1.82) is 0 Å². The minimum atomic E-state index is -2.93. The Balaban J connectivity index is 1.47. The summed E-state index contributed by atoms with van der Waals surface area (Å²) in [5.74, 6) is -1.57. The zero-order chi connectivity index (χ0) is 18.0. The monoisotopic (exact) mass is 374 g/mol. The molecule has 6 nitrogen and oxygen atoms in total. The second-order valence-electron chi connectivity index (χ2n) is 6.34. The molecule has 0 radical (unpaired) electrons. The first-order valence-corrected chi connectivity index (χ1v) is 9.96. The van der Waals surface area contributed by atoms with Crippen molar-refractivity contribution in [2.45, 2.75) is 12.5 Å². The van der Waals surface area contributed by atoms with Crippen molar-refractivity contribution in [2.24, 2.45) is 0 Å². The molecule has 0 spiro atoms. The van der Waals surface area contributed by atoms with Crippen molar-refractivity contribution in [3.05, 3.63) is 29.8 Å². The summed E-state index contributed by atoms with van der Waals surface area (Å²) in [6, 6.07) is 2.95. The first kappa shape index (κ1) is 18.1. The minimum absolute atomic E-state index is 0.0341. The number of benzene rings is 1. The van der Waals surface area contributed by atoms with Gasteiger partial charge in [0.2, 0.25) is 0 Å². The summed E-state index contributed by atoms with van der Waals surface area (Å²) in [5.41, 5.74) is 0. The van der Waals surface area contributed by atoms with Crippen molar-refractivity contribution < 1.29 is 26.7 Å². The number of sulfone groups is 1. The van der Waals surface area contributed by atoms with Crippen LogP contribution in [0.2, 0.25) is 0 Å². The van der Waals surface area contributed by atoms with Crippen LogP contribution in [-0.2, 0) is 14.6 Å². The zero-order valence-electron chi connectivity index (χ0n) is 13.7. The maximum atomic E-state index is 13.5. The molecule has 2 fully saturated rings. The smallest absolute Gasteiger partial charge is 0.260 e. The fraction of sp³-hybridized carbons (Fsp3) is 0.562. The highest BCUT2D eigenvalue weighted by atomic mass is 32.2. The third-order valence-electron chi connectivity index (χ3n) is 4.64. The van der Waals surface area contributed by atoms with Gasteiger partial charge in [-0.2, -0.15) is 0 Å². The SMILES string of the molecule is O=C(COc1ccc(F)cc1F)N1CCN([C@H]2CCS(=O)(=O)C2)CC1. The molecule has 2 aliphatic rings. The Morgan fingerprint density at radius 2 is 1.92 bits per heavy atom. The van der Waals surface area contributed by atoms with Crippen LogP contribution in [0.25, 0.3) is 0 Å². The van der Waals surface area contributed by atoms with Gasteiger partial charge in [0.1, 0.15) is 5.82 Å². The van der Waals surface area contributed by atoms with Gasteiger partial charge in [-0.1, -0.05) is 0 Å². The third-order valence-corrected chi connectivity index (χ3v) is 6.39. The molecule has 2 heterocycles. The summed E-state index contributed by atoms with van der Waals surface area (Å²) < 4.78 is 54.6. The molecule has 0 aromatic heterocycles. The quantitative estimate of drug-likeness (QED) is 0.775. The predicted octanol–water partition coefficient (Wildman–Crippen LogP) is 0.675. The molecule has 138 valence electrons. The maximum absolute atomic E-state index is 13.5. The number of rotatable bonds is 4. The average molecular weight is 374 g/mol. The third kappa shape index (κ3) is 4.46. The van der Waals surface area contributed by atoms with Crippen LogP contribution in [0, 0.1) is 11.6 Å². The topological polar surface area (TPSA) is 66.9 Å². The molecular weight excluding hydrogens is 354 g/mol. The molecule has 1 aromatic carbocycles. The van der Waals surface area contributed by atoms with Gasteiger partial charge >= 0.3 is 0 Å². The van der Waals surface area contributed by atoms with E-state index in [4.69, 9.17) is 4.74 Å². The zero-order valence-corrected chi connectivity index (χ0v) is 14.5. The van der Waals surface area contributed by atoms with Crippen LogP contribution in [0.5, 0.6) is 5.75 Å². The Kier molecular flexibility index (Phi) is 5.24. The van der Waals surface area contributed by atoms with Crippen molar-refractivity contribution in [1.82, 2.24) is 9.80 Å². The Hall–Kier alpha value is -1.74. The molecule has 3 rings (SSSR count). The Morgan fingerprint density at radius 3 is 2.52 bits per heavy atom. The lowest BCUT2D eigenvalue weighted by Gasteiger charge is -2.37. The number of hydrogen-bond donors (Lipinski definition) is 0. The van der Waals surface area contributed by atoms with Crippen molar-refractivity contribution in [2.75, 3.05) is 44.3 Å². The van der Waals surface area contributed by atoms with Crippen molar-refractivity contribution >= 4 is 15.7 Å². The van der Waals surface area contributed by atoms with Crippen LogP contribution >= 0.6 is 0 Å². The molecule has 1 amide bonds. The van der Waals surface area contributed by atoms with Gasteiger partial charge in [-0.15, -0.1) is 0 Å². The number of hydrogen-bond acceptors (Lipinski definition) is 5. The molecule has 2 saturated heterocycles. The molecule has 25 heavy (non-hydrogen) atoms. The van der Waals surface area contributed by atoms with Gasteiger partial charge in [0.05, 0.1) is 11.5 Å².